The highest BCUT2D eigenvalue weighted by Gasteiger charge is 2.20. The fraction of sp³-hybridized carbons (Fsp3) is 0.222. The van der Waals surface area contributed by atoms with Crippen molar-refractivity contribution in [3.8, 4) is 11.5 Å². The third-order valence-corrected chi connectivity index (χ3v) is 3.91. The monoisotopic (exact) mass is 311 g/mol. The number of carbonyl (C=O) groups excluding carboxylic acids is 2. The van der Waals surface area contributed by atoms with Crippen molar-refractivity contribution in [3.63, 3.8) is 0 Å². The first-order valence-electron chi connectivity index (χ1n) is 7.29. The van der Waals surface area contributed by atoms with Crippen molar-refractivity contribution in [1.82, 2.24) is 0 Å². The Hall–Kier alpha value is -2.82. The van der Waals surface area contributed by atoms with Crippen molar-refractivity contribution in [2.24, 2.45) is 0 Å². The number of anilines is 1. The van der Waals surface area contributed by atoms with Crippen LogP contribution in [0.2, 0.25) is 0 Å². The van der Waals surface area contributed by atoms with E-state index in [-0.39, 0.29) is 18.5 Å². The number of hydrogen-bond acceptors (Lipinski definition) is 4. The van der Waals surface area contributed by atoms with Crippen LogP contribution in [0.1, 0.15) is 38.8 Å². The topological polar surface area (TPSA) is 64.6 Å². The highest BCUT2D eigenvalue weighted by atomic mass is 16.7. The molecule has 1 heterocycles. The summed E-state index contributed by atoms with van der Waals surface area (Å²) in [4.78, 5) is 24.3. The Balaban J connectivity index is 1.94. The van der Waals surface area contributed by atoms with Crippen LogP contribution < -0.4 is 14.8 Å². The second-order valence-electron chi connectivity index (χ2n) is 5.56. The molecule has 0 atom stereocenters. The molecule has 0 saturated heterocycles. The van der Waals surface area contributed by atoms with Crippen molar-refractivity contribution in [3.05, 3.63) is 52.6 Å². The van der Waals surface area contributed by atoms with Crippen LogP contribution in [0.25, 0.3) is 0 Å². The average Bonchev–Trinajstić information content (AvgIpc) is 2.96. The van der Waals surface area contributed by atoms with Gasteiger partial charge in [-0.3, -0.25) is 9.59 Å². The summed E-state index contributed by atoms with van der Waals surface area (Å²) in [6.07, 6.45) is 0. The Bertz CT molecular complexity index is 811. The fourth-order valence-corrected chi connectivity index (χ4v) is 2.41. The van der Waals surface area contributed by atoms with Gasteiger partial charge in [-0.2, -0.15) is 0 Å². The van der Waals surface area contributed by atoms with E-state index in [0.29, 0.717) is 28.3 Å². The lowest BCUT2D eigenvalue weighted by Gasteiger charge is -2.11. The molecule has 118 valence electrons. The van der Waals surface area contributed by atoms with E-state index in [2.05, 4.69) is 5.32 Å². The van der Waals surface area contributed by atoms with Gasteiger partial charge in [0.15, 0.2) is 17.3 Å². The van der Waals surface area contributed by atoms with E-state index < -0.39 is 0 Å². The zero-order valence-corrected chi connectivity index (χ0v) is 13.2. The number of benzene rings is 2. The maximum absolute atomic E-state index is 12.5. The summed E-state index contributed by atoms with van der Waals surface area (Å²) >= 11 is 0. The first-order chi connectivity index (χ1) is 11.0. The minimum absolute atomic E-state index is 0.112. The Kier molecular flexibility index (Phi) is 3.78. The van der Waals surface area contributed by atoms with E-state index in [4.69, 9.17) is 9.47 Å². The van der Waals surface area contributed by atoms with Crippen molar-refractivity contribution in [2.45, 2.75) is 20.8 Å². The van der Waals surface area contributed by atoms with Gasteiger partial charge in [-0.05, 0) is 50.1 Å². The molecule has 0 fully saturated rings. The summed E-state index contributed by atoms with van der Waals surface area (Å²) in [5.41, 5.74) is 3.51. The predicted molar refractivity (Wildman–Crippen MR) is 86.4 cm³/mol. The van der Waals surface area contributed by atoms with Gasteiger partial charge in [-0.25, -0.2) is 0 Å². The Labute approximate surface area is 134 Å². The SMILES string of the molecule is CC(=O)c1cc2c(cc1NC(=O)c1ccc(C)c(C)c1)OCO2. The van der Waals surface area contributed by atoms with Gasteiger partial charge >= 0.3 is 0 Å². The standard InChI is InChI=1S/C18H17NO4/c1-10-4-5-13(6-11(10)2)18(21)19-15-8-17-16(22-9-23-17)7-14(15)12(3)20/h4-8H,9H2,1-3H3,(H,19,21). The third-order valence-electron chi connectivity index (χ3n) is 3.91. The van der Waals surface area contributed by atoms with E-state index in [1.54, 1.807) is 18.2 Å². The molecule has 1 aliphatic rings. The molecule has 0 radical (unpaired) electrons. The minimum Gasteiger partial charge on any atom is -0.454 e. The average molecular weight is 311 g/mol. The number of ether oxygens (including phenoxy) is 2. The van der Waals surface area contributed by atoms with Crippen LogP contribution in [-0.4, -0.2) is 18.5 Å². The molecule has 0 aliphatic carbocycles. The van der Waals surface area contributed by atoms with Crippen molar-refractivity contribution in [1.29, 1.82) is 0 Å². The van der Waals surface area contributed by atoms with Gasteiger partial charge in [0.05, 0.1) is 5.69 Å². The lowest BCUT2D eigenvalue weighted by atomic mass is 10.0. The van der Waals surface area contributed by atoms with E-state index >= 15 is 0 Å². The first kappa shape index (κ1) is 15.1. The molecule has 0 bridgehead atoms. The maximum atomic E-state index is 12.5. The van der Waals surface area contributed by atoms with Gasteiger partial charge in [0, 0.05) is 17.2 Å². The number of fused-ring (bicyclic) bond motifs is 1. The number of carbonyl (C=O) groups is 2. The number of amides is 1. The van der Waals surface area contributed by atoms with E-state index in [1.165, 1.54) is 6.92 Å². The summed E-state index contributed by atoms with van der Waals surface area (Å²) in [6, 6.07) is 8.71. The first-order valence-corrected chi connectivity index (χ1v) is 7.29. The molecular weight excluding hydrogens is 294 g/mol. The summed E-state index contributed by atoms with van der Waals surface area (Å²) < 4.78 is 10.6. The molecule has 23 heavy (non-hydrogen) atoms. The van der Waals surface area contributed by atoms with Crippen LogP contribution in [-0.2, 0) is 0 Å². The van der Waals surface area contributed by atoms with Gasteiger partial charge in [-0.15, -0.1) is 0 Å². The molecule has 0 spiro atoms. The molecule has 5 heteroatoms. The van der Waals surface area contributed by atoms with Gasteiger partial charge in [0.2, 0.25) is 6.79 Å². The van der Waals surface area contributed by atoms with Crippen molar-refractivity contribution < 1.29 is 19.1 Å². The molecule has 0 aromatic heterocycles. The zero-order chi connectivity index (χ0) is 16.6. The molecule has 1 aliphatic heterocycles. The molecule has 0 saturated carbocycles. The highest BCUT2D eigenvalue weighted by Crippen LogP contribution is 2.37. The molecule has 2 aromatic rings. The van der Waals surface area contributed by atoms with Gasteiger partial charge in [-0.1, -0.05) is 6.07 Å². The largest absolute Gasteiger partial charge is 0.454 e. The fourth-order valence-electron chi connectivity index (χ4n) is 2.41. The third kappa shape index (κ3) is 2.90. The van der Waals surface area contributed by atoms with Crippen LogP contribution in [0.5, 0.6) is 11.5 Å². The highest BCUT2D eigenvalue weighted by molar-refractivity contribution is 6.09. The van der Waals surface area contributed by atoms with Crippen molar-refractivity contribution in [2.75, 3.05) is 12.1 Å². The summed E-state index contributed by atoms with van der Waals surface area (Å²) in [6.45, 7) is 5.50. The predicted octanol–water partition coefficient (Wildman–Crippen LogP) is 3.49. The molecular formula is C18H17NO4. The Morgan fingerprint density at radius 1 is 1.00 bits per heavy atom. The van der Waals surface area contributed by atoms with Crippen LogP contribution in [0.3, 0.4) is 0 Å². The van der Waals surface area contributed by atoms with Crippen molar-refractivity contribution >= 4 is 17.4 Å². The molecule has 1 amide bonds. The number of rotatable bonds is 3. The lowest BCUT2D eigenvalue weighted by molar-refractivity contribution is 0.101. The van der Waals surface area contributed by atoms with Crippen LogP contribution in [0.15, 0.2) is 30.3 Å². The summed E-state index contributed by atoms with van der Waals surface area (Å²) in [5.74, 6) is 0.609. The lowest BCUT2D eigenvalue weighted by Crippen LogP contribution is -2.14. The zero-order valence-electron chi connectivity index (χ0n) is 13.2. The quantitative estimate of drug-likeness (QED) is 0.881. The van der Waals surface area contributed by atoms with E-state index in [9.17, 15) is 9.59 Å². The van der Waals surface area contributed by atoms with Gasteiger partial charge in [0.25, 0.3) is 5.91 Å². The maximum Gasteiger partial charge on any atom is 0.255 e. The number of ketones is 1. The summed E-state index contributed by atoms with van der Waals surface area (Å²) in [7, 11) is 0. The summed E-state index contributed by atoms with van der Waals surface area (Å²) in [5, 5.41) is 2.79. The van der Waals surface area contributed by atoms with Gasteiger partial charge in [0.1, 0.15) is 0 Å². The smallest absolute Gasteiger partial charge is 0.255 e. The van der Waals surface area contributed by atoms with Crippen LogP contribution >= 0.6 is 0 Å². The van der Waals surface area contributed by atoms with E-state index in [1.807, 2.05) is 26.0 Å². The minimum atomic E-state index is -0.269. The number of Topliss-reactive ketones (excluding diaryl/α,β-unsaturated/α-hetero) is 1. The molecule has 1 N–H and O–H groups in total. The second-order valence-corrected chi connectivity index (χ2v) is 5.56. The van der Waals surface area contributed by atoms with E-state index in [0.717, 1.165) is 11.1 Å². The Morgan fingerprint density at radius 3 is 2.35 bits per heavy atom. The number of nitrogens with one attached hydrogen (secondary N) is 1. The second kappa shape index (κ2) is 5.76. The Morgan fingerprint density at radius 2 is 1.70 bits per heavy atom. The van der Waals surface area contributed by atoms with Crippen LogP contribution in [0, 0.1) is 13.8 Å². The van der Waals surface area contributed by atoms with Gasteiger partial charge < -0.3 is 14.8 Å². The molecule has 5 nitrogen and oxygen atoms in total. The number of hydrogen-bond donors (Lipinski definition) is 1. The van der Waals surface area contributed by atoms with Crippen LogP contribution in [0.4, 0.5) is 5.69 Å². The molecule has 2 aromatic carbocycles. The number of aryl methyl sites for hydroxylation is 2. The normalized spacial score (nSPS) is 12.1. The molecule has 0 unspecified atom stereocenters. The molecule has 3 rings (SSSR count).